The van der Waals surface area contributed by atoms with Crippen LogP contribution in [0.4, 0.5) is 5.69 Å². The maximum Gasteiger partial charge on any atom is 0.263 e. The molecule has 6 nitrogen and oxygen atoms in total. The largest absolute Gasteiger partial charge is 0.326 e. The lowest BCUT2D eigenvalue weighted by molar-refractivity contribution is -0.116. The molecule has 3 rings (SSSR count). The van der Waals surface area contributed by atoms with Gasteiger partial charge in [-0.25, -0.2) is 8.42 Å². The molecule has 28 heavy (non-hydrogen) atoms. The third-order valence-electron chi connectivity index (χ3n) is 4.54. The van der Waals surface area contributed by atoms with Gasteiger partial charge in [-0.05, 0) is 49.6 Å². The lowest BCUT2D eigenvalue weighted by Gasteiger charge is -2.09. The van der Waals surface area contributed by atoms with Crippen molar-refractivity contribution in [1.29, 1.82) is 0 Å². The van der Waals surface area contributed by atoms with Crippen molar-refractivity contribution >= 4 is 39.1 Å². The molecular weight excluding hydrogens is 398 g/mol. The number of hydrogen-bond acceptors (Lipinski definition) is 4. The number of amides is 1. The summed E-state index contributed by atoms with van der Waals surface area (Å²) in [5.41, 5.74) is 2.20. The van der Waals surface area contributed by atoms with Crippen LogP contribution in [0.25, 0.3) is 0 Å². The minimum absolute atomic E-state index is 0.0471. The first-order valence-corrected chi connectivity index (χ1v) is 11.0. The second-order valence-corrected chi connectivity index (χ2v) is 8.66. The number of nitrogens with zero attached hydrogens (tertiary/aromatic N) is 1. The zero-order valence-corrected chi connectivity index (χ0v) is 17.1. The molecular formula is C20H22ClN3O3S. The van der Waals surface area contributed by atoms with E-state index in [1.165, 1.54) is 0 Å². The van der Waals surface area contributed by atoms with Crippen molar-refractivity contribution in [3.8, 4) is 0 Å². The maximum atomic E-state index is 12.1. The van der Waals surface area contributed by atoms with E-state index in [0.29, 0.717) is 29.4 Å². The molecule has 0 unspecified atom stereocenters. The van der Waals surface area contributed by atoms with Crippen molar-refractivity contribution in [1.82, 2.24) is 4.72 Å². The number of anilines is 1. The number of rotatable bonds is 7. The van der Waals surface area contributed by atoms with Crippen molar-refractivity contribution in [2.45, 2.75) is 37.5 Å². The van der Waals surface area contributed by atoms with Crippen molar-refractivity contribution in [2.75, 3.05) is 11.9 Å². The fourth-order valence-corrected chi connectivity index (χ4v) is 4.40. The Hall–Kier alpha value is -2.38. The molecule has 2 N–H and O–H groups in total. The average molecular weight is 420 g/mol. The van der Waals surface area contributed by atoms with Crippen LogP contribution in [0.2, 0.25) is 5.02 Å². The summed E-state index contributed by atoms with van der Waals surface area (Å²) in [6, 6.07) is 12.2. The monoisotopic (exact) mass is 419 g/mol. The second-order valence-electron chi connectivity index (χ2n) is 6.60. The van der Waals surface area contributed by atoms with E-state index in [2.05, 4.69) is 15.0 Å². The molecule has 2 aromatic carbocycles. The molecule has 0 spiro atoms. The summed E-state index contributed by atoms with van der Waals surface area (Å²) in [6.45, 7) is 2.37. The summed E-state index contributed by atoms with van der Waals surface area (Å²) in [6.07, 6.45) is 2.75. The molecule has 1 heterocycles. The van der Waals surface area contributed by atoms with Gasteiger partial charge < -0.3 is 5.32 Å². The van der Waals surface area contributed by atoms with Gasteiger partial charge in [-0.3, -0.25) is 14.5 Å². The maximum absolute atomic E-state index is 12.1. The number of halogens is 1. The van der Waals surface area contributed by atoms with Crippen LogP contribution in [0.3, 0.4) is 0 Å². The van der Waals surface area contributed by atoms with E-state index in [-0.39, 0.29) is 10.8 Å². The zero-order chi connectivity index (χ0) is 20.1. The molecule has 2 aromatic rings. The lowest BCUT2D eigenvalue weighted by atomic mass is 10.1. The van der Waals surface area contributed by atoms with Gasteiger partial charge in [-0.15, -0.1) is 0 Å². The fraction of sp³-hybridized carbons (Fsp3) is 0.300. The Morgan fingerprint density at radius 3 is 2.71 bits per heavy atom. The SMILES string of the molecule is Cc1c(Cl)cccc1NC(=O)CCCCCN=C1NS(=O)(=O)c2ccccc21. The summed E-state index contributed by atoms with van der Waals surface area (Å²) in [5.74, 6) is 0.346. The number of sulfonamides is 1. The molecule has 8 heteroatoms. The van der Waals surface area contributed by atoms with Gasteiger partial charge in [-0.2, -0.15) is 0 Å². The Kier molecular flexibility index (Phi) is 6.36. The van der Waals surface area contributed by atoms with E-state index in [0.717, 1.165) is 30.5 Å². The van der Waals surface area contributed by atoms with Crippen LogP contribution in [0.1, 0.15) is 36.8 Å². The Labute approximate surface area is 170 Å². The molecule has 0 saturated heterocycles. The van der Waals surface area contributed by atoms with Crippen LogP contribution in [0, 0.1) is 6.92 Å². The van der Waals surface area contributed by atoms with Gasteiger partial charge in [0.25, 0.3) is 10.0 Å². The van der Waals surface area contributed by atoms with Crippen molar-refractivity contribution in [3.05, 3.63) is 58.6 Å². The third-order valence-corrected chi connectivity index (χ3v) is 6.34. The molecule has 0 radical (unpaired) electrons. The number of nitrogens with one attached hydrogen (secondary N) is 2. The van der Waals surface area contributed by atoms with E-state index >= 15 is 0 Å². The molecule has 0 fully saturated rings. The summed E-state index contributed by atoms with van der Waals surface area (Å²) in [7, 11) is -3.49. The summed E-state index contributed by atoms with van der Waals surface area (Å²) in [5, 5.41) is 3.51. The Morgan fingerprint density at radius 2 is 1.89 bits per heavy atom. The Bertz CT molecular complexity index is 1020. The first-order chi connectivity index (χ1) is 13.4. The van der Waals surface area contributed by atoms with Gasteiger partial charge in [0.05, 0.1) is 4.90 Å². The molecule has 1 amide bonds. The van der Waals surface area contributed by atoms with Crippen molar-refractivity contribution in [2.24, 2.45) is 4.99 Å². The standard InChI is InChI=1S/C20H22ClN3O3S/c1-14-16(21)9-7-10-17(14)23-19(25)12-3-2-6-13-22-20-15-8-4-5-11-18(15)28(26,27)24-20/h4-5,7-11H,2-3,6,12-13H2,1H3,(H,22,24)(H,23,25). The zero-order valence-electron chi connectivity index (χ0n) is 15.5. The molecule has 148 valence electrons. The van der Waals surface area contributed by atoms with Crippen LogP contribution in [-0.2, 0) is 14.8 Å². The van der Waals surface area contributed by atoms with E-state index in [1.54, 1.807) is 36.4 Å². The van der Waals surface area contributed by atoms with E-state index < -0.39 is 10.0 Å². The third kappa shape index (κ3) is 4.72. The van der Waals surface area contributed by atoms with Gasteiger partial charge in [0.2, 0.25) is 5.91 Å². The van der Waals surface area contributed by atoms with Crippen LogP contribution >= 0.6 is 11.6 Å². The molecule has 0 bridgehead atoms. The number of hydrogen-bond donors (Lipinski definition) is 2. The van der Waals surface area contributed by atoms with Crippen LogP contribution in [0.15, 0.2) is 52.4 Å². The number of aliphatic imine (C=N–C) groups is 1. The second kappa shape index (κ2) is 8.75. The quantitative estimate of drug-likeness (QED) is 0.667. The van der Waals surface area contributed by atoms with Crippen LogP contribution < -0.4 is 10.0 Å². The molecule has 1 aliphatic rings. The van der Waals surface area contributed by atoms with Crippen molar-refractivity contribution in [3.63, 3.8) is 0 Å². The van der Waals surface area contributed by atoms with Gasteiger partial charge in [0.1, 0.15) is 5.84 Å². The summed E-state index contributed by atoms with van der Waals surface area (Å²) >= 11 is 6.06. The first-order valence-electron chi connectivity index (χ1n) is 9.10. The number of benzene rings is 2. The van der Waals surface area contributed by atoms with Crippen LogP contribution in [-0.4, -0.2) is 26.7 Å². The number of fused-ring (bicyclic) bond motifs is 1. The topological polar surface area (TPSA) is 87.6 Å². The number of unbranched alkanes of at least 4 members (excludes halogenated alkanes) is 2. The number of amidine groups is 1. The predicted octanol–water partition coefficient (Wildman–Crippen LogP) is 3.89. The number of carbonyl (C=O) groups excluding carboxylic acids is 1. The molecule has 1 aliphatic heterocycles. The first kappa shape index (κ1) is 20.4. The average Bonchev–Trinajstić information content (AvgIpc) is 2.93. The molecule has 0 aromatic heterocycles. The summed E-state index contributed by atoms with van der Waals surface area (Å²) in [4.78, 5) is 16.7. The highest BCUT2D eigenvalue weighted by Gasteiger charge is 2.29. The highest BCUT2D eigenvalue weighted by molar-refractivity contribution is 7.90. The van der Waals surface area contributed by atoms with Gasteiger partial charge >= 0.3 is 0 Å². The Morgan fingerprint density at radius 1 is 1.11 bits per heavy atom. The van der Waals surface area contributed by atoms with E-state index in [4.69, 9.17) is 11.6 Å². The highest BCUT2D eigenvalue weighted by atomic mass is 35.5. The fourth-order valence-electron chi connectivity index (χ4n) is 2.97. The lowest BCUT2D eigenvalue weighted by Crippen LogP contribution is -2.22. The smallest absolute Gasteiger partial charge is 0.263 e. The summed E-state index contributed by atoms with van der Waals surface area (Å²) < 4.78 is 26.5. The Balaban J connectivity index is 1.43. The number of carbonyl (C=O) groups is 1. The van der Waals surface area contributed by atoms with Crippen LogP contribution in [0.5, 0.6) is 0 Å². The predicted molar refractivity (Wildman–Crippen MR) is 111 cm³/mol. The minimum Gasteiger partial charge on any atom is -0.326 e. The molecule has 0 saturated carbocycles. The normalized spacial score (nSPS) is 15.9. The van der Waals surface area contributed by atoms with E-state index in [1.807, 2.05) is 13.0 Å². The van der Waals surface area contributed by atoms with E-state index in [9.17, 15) is 13.2 Å². The highest BCUT2D eigenvalue weighted by Crippen LogP contribution is 2.23. The molecule has 0 atom stereocenters. The van der Waals surface area contributed by atoms with Gasteiger partial charge in [0.15, 0.2) is 0 Å². The van der Waals surface area contributed by atoms with Gasteiger partial charge in [-0.1, -0.05) is 36.2 Å². The molecule has 0 aliphatic carbocycles. The van der Waals surface area contributed by atoms with Gasteiger partial charge in [0, 0.05) is 29.2 Å². The minimum atomic E-state index is -3.49. The van der Waals surface area contributed by atoms with Crippen molar-refractivity contribution < 1.29 is 13.2 Å².